The van der Waals surface area contributed by atoms with Gasteiger partial charge in [-0.2, -0.15) is 0 Å². The second-order valence-electron chi connectivity index (χ2n) is 4.69. The molecule has 0 saturated carbocycles. The molecule has 1 heterocycles. The average molecular weight is 255 g/mol. The zero-order chi connectivity index (χ0) is 12.7. The molecule has 17 heavy (non-hydrogen) atoms. The Hall–Kier alpha value is -0.600. The molecular weight excluding hydrogens is 232 g/mol. The molecule has 0 fully saturated rings. The van der Waals surface area contributed by atoms with Crippen LogP contribution in [0.3, 0.4) is 0 Å². The highest BCUT2D eigenvalue weighted by molar-refractivity contribution is 6.31. The lowest BCUT2D eigenvalue weighted by atomic mass is 9.91. The fraction of sp³-hybridized carbons (Fsp3) is 0.643. The molecule has 0 radical (unpaired) electrons. The Morgan fingerprint density at radius 3 is 2.82 bits per heavy atom. The van der Waals surface area contributed by atoms with Gasteiger partial charge in [0.25, 0.3) is 0 Å². The first-order valence-electron chi connectivity index (χ1n) is 6.44. The largest absolute Gasteiger partial charge is 0.316 e. The van der Waals surface area contributed by atoms with Crippen molar-refractivity contribution >= 4 is 11.6 Å². The standard InChI is InChI=1S/C14H23ClN2/c1-4-5-6-11(2)14(16-3)9-12-7-8-17-10-13(12)15/h7-8,10-11,14,16H,4-6,9H2,1-3H3. The predicted octanol–water partition coefficient (Wildman–Crippen LogP) is 3.69. The van der Waals surface area contributed by atoms with Crippen molar-refractivity contribution < 1.29 is 0 Å². The molecule has 0 amide bonds. The van der Waals surface area contributed by atoms with Gasteiger partial charge in [0.15, 0.2) is 0 Å². The van der Waals surface area contributed by atoms with Gasteiger partial charge in [0, 0.05) is 18.4 Å². The Kier molecular flexibility index (Phi) is 6.53. The number of aromatic nitrogens is 1. The van der Waals surface area contributed by atoms with Gasteiger partial charge < -0.3 is 5.32 Å². The zero-order valence-electron chi connectivity index (χ0n) is 11.0. The second kappa shape index (κ2) is 7.67. The highest BCUT2D eigenvalue weighted by Gasteiger charge is 2.16. The Morgan fingerprint density at radius 2 is 2.24 bits per heavy atom. The number of pyridine rings is 1. The second-order valence-corrected chi connectivity index (χ2v) is 5.09. The fourth-order valence-corrected chi connectivity index (χ4v) is 2.32. The van der Waals surface area contributed by atoms with Gasteiger partial charge in [-0.3, -0.25) is 4.98 Å². The molecule has 0 spiro atoms. The Morgan fingerprint density at radius 1 is 1.47 bits per heavy atom. The molecule has 0 aliphatic heterocycles. The van der Waals surface area contributed by atoms with E-state index in [9.17, 15) is 0 Å². The molecule has 1 aromatic heterocycles. The number of rotatable bonds is 7. The van der Waals surface area contributed by atoms with Crippen LogP contribution < -0.4 is 5.32 Å². The summed E-state index contributed by atoms with van der Waals surface area (Å²) in [4.78, 5) is 4.02. The van der Waals surface area contributed by atoms with Crippen LogP contribution in [0.5, 0.6) is 0 Å². The number of halogens is 1. The summed E-state index contributed by atoms with van der Waals surface area (Å²) >= 11 is 6.14. The zero-order valence-corrected chi connectivity index (χ0v) is 11.8. The van der Waals surface area contributed by atoms with Crippen LogP contribution in [0.4, 0.5) is 0 Å². The summed E-state index contributed by atoms with van der Waals surface area (Å²) in [6.45, 7) is 4.55. The van der Waals surface area contributed by atoms with Crippen LogP contribution in [0.2, 0.25) is 5.02 Å². The topological polar surface area (TPSA) is 24.9 Å². The van der Waals surface area contributed by atoms with Crippen molar-refractivity contribution in [3.63, 3.8) is 0 Å². The summed E-state index contributed by atoms with van der Waals surface area (Å²) in [7, 11) is 2.03. The summed E-state index contributed by atoms with van der Waals surface area (Å²) in [5, 5.41) is 4.18. The normalized spacial score (nSPS) is 14.6. The fourth-order valence-electron chi connectivity index (χ4n) is 2.12. The molecule has 0 aromatic carbocycles. The van der Waals surface area contributed by atoms with Crippen LogP contribution in [0.1, 0.15) is 38.7 Å². The minimum absolute atomic E-state index is 0.487. The minimum Gasteiger partial charge on any atom is -0.316 e. The Balaban J connectivity index is 2.60. The van der Waals surface area contributed by atoms with E-state index in [1.807, 2.05) is 19.3 Å². The molecule has 0 aliphatic rings. The quantitative estimate of drug-likeness (QED) is 0.803. The summed E-state index contributed by atoms with van der Waals surface area (Å²) in [6, 6.07) is 2.50. The molecule has 3 heteroatoms. The number of unbranched alkanes of at least 4 members (excludes halogenated alkanes) is 1. The monoisotopic (exact) mass is 254 g/mol. The van der Waals surface area contributed by atoms with Crippen LogP contribution in [0.15, 0.2) is 18.5 Å². The third-order valence-electron chi connectivity index (χ3n) is 3.37. The lowest BCUT2D eigenvalue weighted by Gasteiger charge is -2.24. The van der Waals surface area contributed by atoms with Crippen LogP contribution in [0, 0.1) is 5.92 Å². The van der Waals surface area contributed by atoms with E-state index < -0.39 is 0 Å². The van der Waals surface area contributed by atoms with Gasteiger partial charge in [-0.15, -0.1) is 0 Å². The van der Waals surface area contributed by atoms with E-state index in [0.29, 0.717) is 12.0 Å². The van der Waals surface area contributed by atoms with Crippen molar-refractivity contribution in [2.75, 3.05) is 7.05 Å². The first kappa shape index (κ1) is 14.5. The smallest absolute Gasteiger partial charge is 0.0621 e. The molecule has 0 bridgehead atoms. The highest BCUT2D eigenvalue weighted by atomic mass is 35.5. The van der Waals surface area contributed by atoms with Crippen molar-refractivity contribution in [2.24, 2.45) is 5.92 Å². The maximum Gasteiger partial charge on any atom is 0.0621 e. The number of hydrogen-bond acceptors (Lipinski definition) is 2. The van der Waals surface area contributed by atoms with Gasteiger partial charge in [-0.1, -0.05) is 38.3 Å². The first-order chi connectivity index (χ1) is 8.19. The van der Waals surface area contributed by atoms with Crippen LogP contribution in [-0.4, -0.2) is 18.1 Å². The lowest BCUT2D eigenvalue weighted by molar-refractivity contribution is 0.365. The van der Waals surface area contributed by atoms with Gasteiger partial charge in [-0.05, 0) is 37.4 Å². The minimum atomic E-state index is 0.487. The lowest BCUT2D eigenvalue weighted by Crippen LogP contribution is -2.34. The predicted molar refractivity (Wildman–Crippen MR) is 74.5 cm³/mol. The summed E-state index contributed by atoms with van der Waals surface area (Å²) < 4.78 is 0. The van der Waals surface area contributed by atoms with Crippen molar-refractivity contribution in [1.29, 1.82) is 0 Å². The van der Waals surface area contributed by atoms with Crippen molar-refractivity contribution in [3.8, 4) is 0 Å². The van der Waals surface area contributed by atoms with Crippen LogP contribution in [-0.2, 0) is 6.42 Å². The van der Waals surface area contributed by atoms with Crippen molar-refractivity contribution in [3.05, 3.63) is 29.0 Å². The Bertz CT molecular complexity index is 328. The summed E-state index contributed by atoms with van der Waals surface area (Å²) in [5.41, 5.74) is 1.18. The van der Waals surface area contributed by atoms with E-state index in [0.717, 1.165) is 11.4 Å². The third kappa shape index (κ3) is 4.64. The number of likely N-dealkylation sites (N-methyl/N-ethyl adjacent to an activating group) is 1. The summed E-state index contributed by atoms with van der Waals surface area (Å²) in [6.07, 6.45) is 8.33. The van der Waals surface area contributed by atoms with E-state index in [-0.39, 0.29) is 0 Å². The molecule has 1 N–H and O–H groups in total. The van der Waals surface area contributed by atoms with E-state index >= 15 is 0 Å². The maximum absolute atomic E-state index is 6.14. The van der Waals surface area contributed by atoms with Gasteiger partial charge in [0.2, 0.25) is 0 Å². The maximum atomic E-state index is 6.14. The molecule has 2 atom stereocenters. The van der Waals surface area contributed by atoms with Crippen molar-refractivity contribution in [1.82, 2.24) is 10.3 Å². The molecule has 1 rings (SSSR count). The van der Waals surface area contributed by atoms with Gasteiger partial charge >= 0.3 is 0 Å². The summed E-state index contributed by atoms with van der Waals surface area (Å²) in [5.74, 6) is 0.671. The van der Waals surface area contributed by atoms with Crippen LogP contribution >= 0.6 is 11.6 Å². The molecule has 96 valence electrons. The molecular formula is C14H23ClN2. The molecule has 2 unspecified atom stereocenters. The Labute approximate surface area is 110 Å². The first-order valence-corrected chi connectivity index (χ1v) is 6.82. The van der Waals surface area contributed by atoms with E-state index in [1.165, 1.54) is 24.8 Å². The van der Waals surface area contributed by atoms with Crippen LogP contribution in [0.25, 0.3) is 0 Å². The van der Waals surface area contributed by atoms with E-state index in [4.69, 9.17) is 11.6 Å². The van der Waals surface area contributed by atoms with Gasteiger partial charge in [-0.25, -0.2) is 0 Å². The molecule has 1 aromatic rings. The van der Waals surface area contributed by atoms with Crippen molar-refractivity contribution in [2.45, 2.75) is 45.6 Å². The molecule has 0 saturated heterocycles. The number of nitrogens with one attached hydrogen (secondary N) is 1. The van der Waals surface area contributed by atoms with Gasteiger partial charge in [0.05, 0.1) is 5.02 Å². The van der Waals surface area contributed by atoms with Gasteiger partial charge in [0.1, 0.15) is 0 Å². The SMILES string of the molecule is CCCCC(C)C(Cc1ccncc1Cl)NC. The van der Waals surface area contributed by atoms with E-state index in [2.05, 4.69) is 24.1 Å². The third-order valence-corrected chi connectivity index (χ3v) is 3.71. The average Bonchev–Trinajstić information content (AvgIpc) is 2.35. The number of nitrogens with zero attached hydrogens (tertiary/aromatic N) is 1. The molecule has 2 nitrogen and oxygen atoms in total. The number of hydrogen-bond donors (Lipinski definition) is 1. The van der Waals surface area contributed by atoms with E-state index in [1.54, 1.807) is 6.20 Å². The highest BCUT2D eigenvalue weighted by Crippen LogP contribution is 2.20. The molecule has 0 aliphatic carbocycles.